The SMILES string of the molecule is O=C(NCCN1C(=O)SC(=Cc2ccccc2F)C1=O)c1ccc(Br)c(F)c1. The van der Waals surface area contributed by atoms with Gasteiger partial charge in [0.15, 0.2) is 0 Å². The maximum Gasteiger partial charge on any atom is 0.293 e. The van der Waals surface area contributed by atoms with Crippen molar-refractivity contribution >= 4 is 50.8 Å². The Morgan fingerprint density at radius 1 is 1.14 bits per heavy atom. The van der Waals surface area contributed by atoms with E-state index in [0.29, 0.717) is 11.8 Å². The summed E-state index contributed by atoms with van der Waals surface area (Å²) in [5.74, 6) is -2.15. The molecule has 144 valence electrons. The number of nitrogens with zero attached hydrogens (tertiary/aromatic N) is 1. The van der Waals surface area contributed by atoms with Crippen LogP contribution in [0.15, 0.2) is 51.8 Å². The van der Waals surface area contributed by atoms with E-state index in [-0.39, 0.29) is 33.6 Å². The predicted octanol–water partition coefficient (Wildman–Crippen LogP) is 4.19. The minimum Gasteiger partial charge on any atom is -0.350 e. The Kier molecular flexibility index (Phi) is 6.25. The van der Waals surface area contributed by atoms with E-state index in [1.165, 1.54) is 36.4 Å². The Balaban J connectivity index is 1.61. The van der Waals surface area contributed by atoms with Crippen LogP contribution < -0.4 is 5.32 Å². The van der Waals surface area contributed by atoms with Crippen molar-refractivity contribution in [1.29, 1.82) is 0 Å². The standard InChI is InChI=1S/C19H13BrF2N2O3S/c20-13-6-5-12(9-15(13)22)17(25)23-7-8-24-18(26)16(28-19(24)27)10-11-3-1-2-4-14(11)21/h1-6,9-10H,7-8H2,(H,23,25). The zero-order valence-electron chi connectivity index (χ0n) is 14.2. The molecule has 1 aliphatic heterocycles. The van der Waals surface area contributed by atoms with Gasteiger partial charge in [-0.25, -0.2) is 8.78 Å². The minimum atomic E-state index is -0.572. The van der Waals surface area contributed by atoms with Gasteiger partial charge in [-0.3, -0.25) is 19.3 Å². The zero-order valence-corrected chi connectivity index (χ0v) is 16.6. The molecule has 0 atom stereocenters. The molecule has 2 aromatic carbocycles. The van der Waals surface area contributed by atoms with Crippen molar-refractivity contribution in [3.05, 3.63) is 74.6 Å². The zero-order chi connectivity index (χ0) is 20.3. The fourth-order valence-electron chi connectivity index (χ4n) is 2.45. The van der Waals surface area contributed by atoms with Gasteiger partial charge in [-0.1, -0.05) is 18.2 Å². The normalized spacial score (nSPS) is 15.4. The highest BCUT2D eigenvalue weighted by molar-refractivity contribution is 9.10. The minimum absolute atomic E-state index is 0.00152. The van der Waals surface area contributed by atoms with Crippen LogP contribution in [0.3, 0.4) is 0 Å². The third-order valence-corrected chi connectivity index (χ3v) is 5.42. The van der Waals surface area contributed by atoms with Gasteiger partial charge in [0.05, 0.1) is 9.38 Å². The van der Waals surface area contributed by atoms with Gasteiger partial charge in [0, 0.05) is 24.2 Å². The second kappa shape index (κ2) is 8.66. The number of hydrogen-bond acceptors (Lipinski definition) is 4. The number of benzene rings is 2. The summed E-state index contributed by atoms with van der Waals surface area (Å²) in [7, 11) is 0. The Morgan fingerprint density at radius 2 is 1.89 bits per heavy atom. The summed E-state index contributed by atoms with van der Waals surface area (Å²) in [6.07, 6.45) is 1.32. The molecule has 0 bridgehead atoms. The third kappa shape index (κ3) is 4.48. The van der Waals surface area contributed by atoms with Gasteiger partial charge >= 0.3 is 0 Å². The Bertz CT molecular complexity index is 997. The fourth-order valence-corrected chi connectivity index (χ4v) is 3.55. The van der Waals surface area contributed by atoms with E-state index in [1.54, 1.807) is 6.07 Å². The fraction of sp³-hybridized carbons (Fsp3) is 0.105. The highest BCUT2D eigenvalue weighted by Gasteiger charge is 2.34. The van der Waals surface area contributed by atoms with E-state index in [4.69, 9.17) is 0 Å². The first-order chi connectivity index (χ1) is 13.4. The van der Waals surface area contributed by atoms with Crippen molar-refractivity contribution in [2.75, 3.05) is 13.1 Å². The van der Waals surface area contributed by atoms with Crippen LogP contribution in [0.5, 0.6) is 0 Å². The first kappa shape index (κ1) is 20.2. The van der Waals surface area contributed by atoms with Gasteiger partial charge in [-0.05, 0) is 58.0 Å². The first-order valence-corrected chi connectivity index (χ1v) is 9.71. The molecule has 1 N–H and O–H groups in total. The quantitative estimate of drug-likeness (QED) is 0.670. The average Bonchev–Trinajstić information content (AvgIpc) is 2.93. The van der Waals surface area contributed by atoms with Gasteiger partial charge < -0.3 is 5.32 Å². The summed E-state index contributed by atoms with van der Waals surface area (Å²) >= 11 is 3.71. The predicted molar refractivity (Wildman–Crippen MR) is 106 cm³/mol. The lowest BCUT2D eigenvalue weighted by atomic mass is 10.2. The molecule has 0 unspecified atom stereocenters. The van der Waals surface area contributed by atoms with Gasteiger partial charge in [0.25, 0.3) is 17.1 Å². The molecule has 0 aromatic heterocycles. The number of carbonyl (C=O) groups is 3. The van der Waals surface area contributed by atoms with E-state index in [1.807, 2.05) is 0 Å². The van der Waals surface area contributed by atoms with E-state index in [9.17, 15) is 23.2 Å². The number of carbonyl (C=O) groups excluding carboxylic acids is 3. The smallest absolute Gasteiger partial charge is 0.293 e. The van der Waals surface area contributed by atoms with Crippen LogP contribution in [0.25, 0.3) is 6.08 Å². The molecule has 9 heteroatoms. The molecule has 1 fully saturated rings. The highest BCUT2D eigenvalue weighted by Crippen LogP contribution is 2.32. The van der Waals surface area contributed by atoms with Gasteiger partial charge in [0.1, 0.15) is 11.6 Å². The van der Waals surface area contributed by atoms with E-state index in [0.717, 1.165) is 11.0 Å². The van der Waals surface area contributed by atoms with Gasteiger partial charge in [-0.15, -0.1) is 0 Å². The maximum atomic E-state index is 13.7. The van der Waals surface area contributed by atoms with Crippen molar-refractivity contribution < 1.29 is 23.2 Å². The second-order valence-corrected chi connectivity index (χ2v) is 7.59. The molecule has 1 heterocycles. The molecule has 0 saturated carbocycles. The molecular formula is C19H13BrF2N2O3S. The number of imide groups is 1. The molecule has 3 rings (SSSR count). The van der Waals surface area contributed by atoms with Crippen LogP contribution in [0.2, 0.25) is 0 Å². The number of halogens is 3. The van der Waals surface area contributed by atoms with Crippen molar-refractivity contribution in [3.63, 3.8) is 0 Å². The van der Waals surface area contributed by atoms with Crippen molar-refractivity contribution in [2.24, 2.45) is 0 Å². The molecule has 1 saturated heterocycles. The van der Waals surface area contributed by atoms with Crippen molar-refractivity contribution in [1.82, 2.24) is 10.2 Å². The number of amides is 3. The molecule has 0 radical (unpaired) electrons. The third-order valence-electron chi connectivity index (χ3n) is 3.87. The monoisotopic (exact) mass is 466 g/mol. The second-order valence-electron chi connectivity index (χ2n) is 5.74. The summed E-state index contributed by atoms with van der Waals surface area (Å²) in [4.78, 5) is 37.6. The summed E-state index contributed by atoms with van der Waals surface area (Å²) < 4.78 is 27.5. The van der Waals surface area contributed by atoms with Crippen molar-refractivity contribution in [2.45, 2.75) is 0 Å². The first-order valence-electron chi connectivity index (χ1n) is 8.10. The Morgan fingerprint density at radius 3 is 2.61 bits per heavy atom. The molecule has 5 nitrogen and oxygen atoms in total. The van der Waals surface area contributed by atoms with Gasteiger partial charge in [0.2, 0.25) is 0 Å². The molecule has 1 aliphatic rings. The Hall–Kier alpha value is -2.52. The summed E-state index contributed by atoms with van der Waals surface area (Å²) in [6.45, 7) is -0.0500. The molecule has 3 amide bonds. The lowest BCUT2D eigenvalue weighted by Crippen LogP contribution is -2.37. The maximum absolute atomic E-state index is 13.7. The molecule has 0 aliphatic carbocycles. The molecule has 28 heavy (non-hydrogen) atoms. The summed E-state index contributed by atoms with van der Waals surface area (Å²) in [5.41, 5.74) is 0.327. The lowest BCUT2D eigenvalue weighted by molar-refractivity contribution is -0.122. The van der Waals surface area contributed by atoms with Crippen LogP contribution in [0.1, 0.15) is 15.9 Å². The molecule has 2 aromatic rings. The van der Waals surface area contributed by atoms with Crippen LogP contribution in [0.4, 0.5) is 13.6 Å². The van der Waals surface area contributed by atoms with Gasteiger partial charge in [-0.2, -0.15) is 0 Å². The van der Waals surface area contributed by atoms with Crippen LogP contribution in [-0.2, 0) is 4.79 Å². The van der Waals surface area contributed by atoms with E-state index >= 15 is 0 Å². The molecular weight excluding hydrogens is 454 g/mol. The molecule has 0 spiro atoms. The van der Waals surface area contributed by atoms with E-state index < -0.39 is 28.7 Å². The van der Waals surface area contributed by atoms with Crippen LogP contribution >= 0.6 is 27.7 Å². The number of rotatable bonds is 5. The largest absolute Gasteiger partial charge is 0.350 e. The lowest BCUT2D eigenvalue weighted by Gasteiger charge is -2.13. The summed E-state index contributed by atoms with van der Waals surface area (Å²) in [5, 5.41) is 2.03. The Labute approximate surface area is 171 Å². The van der Waals surface area contributed by atoms with Crippen LogP contribution in [0, 0.1) is 11.6 Å². The van der Waals surface area contributed by atoms with Crippen molar-refractivity contribution in [3.8, 4) is 0 Å². The average molecular weight is 467 g/mol. The highest BCUT2D eigenvalue weighted by atomic mass is 79.9. The topological polar surface area (TPSA) is 66.5 Å². The number of thioether (sulfide) groups is 1. The number of nitrogens with one attached hydrogen (secondary N) is 1. The van der Waals surface area contributed by atoms with E-state index in [2.05, 4.69) is 21.2 Å². The summed E-state index contributed by atoms with van der Waals surface area (Å²) in [6, 6.07) is 9.85. The van der Waals surface area contributed by atoms with Crippen LogP contribution in [-0.4, -0.2) is 35.0 Å². The number of hydrogen-bond donors (Lipinski definition) is 1.